The van der Waals surface area contributed by atoms with Crippen molar-refractivity contribution in [2.75, 3.05) is 13.1 Å². The Hall–Kier alpha value is -0.0400. The van der Waals surface area contributed by atoms with Crippen molar-refractivity contribution in [3.05, 3.63) is 0 Å². The van der Waals surface area contributed by atoms with Gasteiger partial charge in [0, 0.05) is 0 Å². The number of hydrogen-bond acceptors (Lipinski definition) is 1. The minimum atomic E-state index is 0.953. The van der Waals surface area contributed by atoms with Crippen LogP contribution < -0.4 is 5.32 Å². The van der Waals surface area contributed by atoms with Crippen molar-refractivity contribution in [3.8, 4) is 0 Å². The minimum absolute atomic E-state index is 0.953. The van der Waals surface area contributed by atoms with Gasteiger partial charge in [-0.2, -0.15) is 0 Å². The zero-order chi connectivity index (χ0) is 11.6. The van der Waals surface area contributed by atoms with Crippen molar-refractivity contribution in [2.45, 2.75) is 71.6 Å². The van der Waals surface area contributed by atoms with Gasteiger partial charge >= 0.3 is 0 Å². The second-order valence-corrected chi connectivity index (χ2v) is 5.50. The minimum Gasteiger partial charge on any atom is -0.316 e. The van der Waals surface area contributed by atoms with Crippen LogP contribution in [0.25, 0.3) is 0 Å². The van der Waals surface area contributed by atoms with Gasteiger partial charge in [0.1, 0.15) is 0 Å². The van der Waals surface area contributed by atoms with Gasteiger partial charge in [-0.3, -0.25) is 0 Å². The van der Waals surface area contributed by atoms with Gasteiger partial charge in [-0.05, 0) is 37.8 Å². The van der Waals surface area contributed by atoms with Crippen molar-refractivity contribution in [2.24, 2.45) is 11.8 Å². The molecule has 1 rings (SSSR count). The summed E-state index contributed by atoms with van der Waals surface area (Å²) in [5.74, 6) is 1.97. The molecule has 1 fully saturated rings. The Labute approximate surface area is 102 Å². The first-order valence-electron chi connectivity index (χ1n) is 7.59. The van der Waals surface area contributed by atoms with Crippen LogP contribution in [-0.2, 0) is 0 Å². The maximum Gasteiger partial charge on any atom is -0.00179 e. The number of rotatable bonds is 7. The fraction of sp³-hybridized carbons (Fsp3) is 1.00. The Bertz CT molecular complexity index is 148. The van der Waals surface area contributed by atoms with Crippen LogP contribution in [0.4, 0.5) is 0 Å². The van der Waals surface area contributed by atoms with Crippen molar-refractivity contribution >= 4 is 0 Å². The third-order valence-corrected chi connectivity index (χ3v) is 4.06. The number of nitrogens with one attached hydrogen (secondary N) is 1. The standard InChI is InChI=1S/C15H31N/c1-3-9-15(13-16-12-4-2)14-10-7-5-6-8-11-14/h14-16H,3-13H2,1-2H3. The van der Waals surface area contributed by atoms with E-state index in [1.807, 2.05) is 0 Å². The van der Waals surface area contributed by atoms with Crippen molar-refractivity contribution in [1.29, 1.82) is 0 Å². The second-order valence-electron chi connectivity index (χ2n) is 5.50. The molecule has 0 aliphatic heterocycles. The summed E-state index contributed by atoms with van der Waals surface area (Å²) in [6.07, 6.45) is 13.0. The van der Waals surface area contributed by atoms with Crippen LogP contribution >= 0.6 is 0 Å². The Morgan fingerprint density at radius 3 is 2.25 bits per heavy atom. The first kappa shape index (κ1) is 14.0. The molecule has 0 aromatic rings. The fourth-order valence-electron chi connectivity index (χ4n) is 3.12. The Kier molecular flexibility index (Phi) is 7.92. The SMILES string of the molecule is CCCNCC(CCC)C1CCCCCC1. The van der Waals surface area contributed by atoms with Gasteiger partial charge in [0.15, 0.2) is 0 Å². The highest BCUT2D eigenvalue weighted by atomic mass is 14.9. The highest BCUT2D eigenvalue weighted by Gasteiger charge is 2.21. The van der Waals surface area contributed by atoms with Crippen molar-refractivity contribution in [1.82, 2.24) is 5.32 Å². The third-order valence-electron chi connectivity index (χ3n) is 4.06. The summed E-state index contributed by atoms with van der Waals surface area (Å²) in [5.41, 5.74) is 0. The van der Waals surface area contributed by atoms with Crippen LogP contribution in [0.3, 0.4) is 0 Å². The van der Waals surface area contributed by atoms with Crippen LogP contribution in [0.2, 0.25) is 0 Å². The molecule has 0 bridgehead atoms. The largest absolute Gasteiger partial charge is 0.316 e. The molecule has 1 atom stereocenters. The normalized spacial score (nSPS) is 20.6. The van der Waals surface area contributed by atoms with Gasteiger partial charge in [0.25, 0.3) is 0 Å². The molecule has 1 N–H and O–H groups in total. The Balaban J connectivity index is 2.33. The lowest BCUT2D eigenvalue weighted by atomic mass is 9.83. The van der Waals surface area contributed by atoms with Crippen LogP contribution in [0.5, 0.6) is 0 Å². The highest BCUT2D eigenvalue weighted by molar-refractivity contribution is 4.74. The summed E-state index contributed by atoms with van der Waals surface area (Å²) >= 11 is 0. The van der Waals surface area contributed by atoms with Crippen LogP contribution in [0.1, 0.15) is 71.6 Å². The van der Waals surface area contributed by atoms with E-state index in [2.05, 4.69) is 19.2 Å². The molecule has 1 saturated carbocycles. The van der Waals surface area contributed by atoms with Gasteiger partial charge < -0.3 is 5.32 Å². The van der Waals surface area contributed by atoms with E-state index >= 15 is 0 Å². The molecule has 1 unspecified atom stereocenters. The smallest absolute Gasteiger partial charge is 0.00179 e. The lowest BCUT2D eigenvalue weighted by Gasteiger charge is -2.26. The summed E-state index contributed by atoms with van der Waals surface area (Å²) < 4.78 is 0. The van der Waals surface area contributed by atoms with E-state index < -0.39 is 0 Å². The summed E-state index contributed by atoms with van der Waals surface area (Å²) in [6, 6.07) is 0. The van der Waals surface area contributed by atoms with E-state index in [0.29, 0.717) is 0 Å². The van der Waals surface area contributed by atoms with E-state index in [0.717, 1.165) is 11.8 Å². The molecule has 16 heavy (non-hydrogen) atoms. The highest BCUT2D eigenvalue weighted by Crippen LogP contribution is 2.31. The molecule has 1 aliphatic rings. The Morgan fingerprint density at radius 1 is 1.00 bits per heavy atom. The van der Waals surface area contributed by atoms with E-state index in [9.17, 15) is 0 Å². The maximum atomic E-state index is 3.64. The lowest BCUT2D eigenvalue weighted by molar-refractivity contribution is 0.269. The molecule has 0 aromatic heterocycles. The molecule has 1 nitrogen and oxygen atoms in total. The van der Waals surface area contributed by atoms with Crippen LogP contribution in [0.15, 0.2) is 0 Å². The van der Waals surface area contributed by atoms with E-state index in [-0.39, 0.29) is 0 Å². The monoisotopic (exact) mass is 225 g/mol. The topological polar surface area (TPSA) is 12.0 Å². The molecule has 0 aromatic carbocycles. The molecular weight excluding hydrogens is 194 g/mol. The van der Waals surface area contributed by atoms with E-state index in [1.54, 1.807) is 0 Å². The van der Waals surface area contributed by atoms with E-state index in [1.165, 1.54) is 70.9 Å². The average molecular weight is 225 g/mol. The van der Waals surface area contributed by atoms with Crippen molar-refractivity contribution in [3.63, 3.8) is 0 Å². The predicted octanol–water partition coefficient (Wildman–Crippen LogP) is 4.37. The predicted molar refractivity (Wildman–Crippen MR) is 72.8 cm³/mol. The molecule has 0 saturated heterocycles. The van der Waals surface area contributed by atoms with Gasteiger partial charge in [0.2, 0.25) is 0 Å². The van der Waals surface area contributed by atoms with Gasteiger partial charge in [-0.25, -0.2) is 0 Å². The molecule has 0 heterocycles. The quantitative estimate of drug-likeness (QED) is 0.501. The Morgan fingerprint density at radius 2 is 1.69 bits per heavy atom. The number of hydrogen-bond donors (Lipinski definition) is 1. The fourth-order valence-corrected chi connectivity index (χ4v) is 3.12. The van der Waals surface area contributed by atoms with Gasteiger partial charge in [-0.1, -0.05) is 58.8 Å². The zero-order valence-electron chi connectivity index (χ0n) is 11.4. The van der Waals surface area contributed by atoms with Gasteiger partial charge in [0.05, 0.1) is 0 Å². The summed E-state index contributed by atoms with van der Waals surface area (Å²) in [6.45, 7) is 7.07. The average Bonchev–Trinajstić information content (AvgIpc) is 2.57. The van der Waals surface area contributed by atoms with Gasteiger partial charge in [-0.15, -0.1) is 0 Å². The molecule has 1 aliphatic carbocycles. The lowest BCUT2D eigenvalue weighted by Crippen LogP contribution is -2.28. The molecule has 0 spiro atoms. The molecule has 1 heteroatoms. The summed E-state index contributed by atoms with van der Waals surface area (Å²) in [5, 5.41) is 3.64. The van der Waals surface area contributed by atoms with Crippen LogP contribution in [0, 0.1) is 11.8 Å². The molecule has 0 radical (unpaired) electrons. The third kappa shape index (κ3) is 5.34. The molecule has 0 amide bonds. The maximum absolute atomic E-state index is 3.64. The second kappa shape index (κ2) is 9.04. The molecular formula is C15H31N. The van der Waals surface area contributed by atoms with Crippen molar-refractivity contribution < 1.29 is 0 Å². The first-order valence-corrected chi connectivity index (χ1v) is 7.59. The summed E-state index contributed by atoms with van der Waals surface area (Å²) in [7, 11) is 0. The summed E-state index contributed by atoms with van der Waals surface area (Å²) in [4.78, 5) is 0. The first-order chi connectivity index (χ1) is 7.88. The molecule has 96 valence electrons. The zero-order valence-corrected chi connectivity index (χ0v) is 11.4. The van der Waals surface area contributed by atoms with E-state index in [4.69, 9.17) is 0 Å². The van der Waals surface area contributed by atoms with Crippen LogP contribution in [-0.4, -0.2) is 13.1 Å².